The first-order valence-electron chi connectivity index (χ1n) is 11.4. The Balaban J connectivity index is 1.40. The first kappa shape index (κ1) is 23.4. The third kappa shape index (κ3) is 4.93. The van der Waals surface area contributed by atoms with Crippen molar-refractivity contribution in [3.8, 4) is 0 Å². The normalized spacial score (nSPS) is 32.8. The van der Waals surface area contributed by atoms with Gasteiger partial charge in [0.1, 0.15) is 5.82 Å². The van der Waals surface area contributed by atoms with Crippen molar-refractivity contribution in [2.45, 2.75) is 75.1 Å². The molecule has 10 heteroatoms. The highest BCUT2D eigenvalue weighted by atomic mass is 32.2. The number of carboxylic acid groups (broad SMARTS) is 1. The summed E-state index contributed by atoms with van der Waals surface area (Å²) in [7, 11) is -2.38. The van der Waals surface area contributed by atoms with Crippen molar-refractivity contribution >= 4 is 16.3 Å². The molecule has 1 aliphatic heterocycles. The van der Waals surface area contributed by atoms with E-state index >= 15 is 0 Å². The first-order valence-corrected chi connectivity index (χ1v) is 12.9. The molecule has 2 aliphatic carbocycles. The molecule has 0 radical (unpaired) electrons. The van der Waals surface area contributed by atoms with Crippen LogP contribution in [0.5, 0.6) is 0 Å². The summed E-state index contributed by atoms with van der Waals surface area (Å²) in [6.45, 7) is 0.158. The van der Waals surface area contributed by atoms with Crippen molar-refractivity contribution in [3.63, 3.8) is 0 Å². The molecule has 0 unspecified atom stereocenters. The fourth-order valence-electron chi connectivity index (χ4n) is 5.87. The van der Waals surface area contributed by atoms with E-state index in [2.05, 4.69) is 9.44 Å². The average Bonchev–Trinajstić information content (AvgIpc) is 3.34. The van der Waals surface area contributed by atoms with E-state index in [9.17, 15) is 22.7 Å². The predicted molar refractivity (Wildman–Crippen MR) is 117 cm³/mol. The highest BCUT2D eigenvalue weighted by molar-refractivity contribution is 7.87. The zero-order valence-corrected chi connectivity index (χ0v) is 19.1. The van der Waals surface area contributed by atoms with Crippen LogP contribution in [0.15, 0.2) is 24.3 Å². The number of ether oxygens (including phenoxy) is 1. The van der Waals surface area contributed by atoms with E-state index in [4.69, 9.17) is 4.74 Å². The molecule has 2 saturated carbocycles. The fourth-order valence-corrected chi connectivity index (χ4v) is 6.68. The van der Waals surface area contributed by atoms with Gasteiger partial charge in [0.25, 0.3) is 10.2 Å². The predicted octanol–water partition coefficient (Wildman–Crippen LogP) is 2.82. The van der Waals surface area contributed by atoms with E-state index in [0.717, 1.165) is 50.5 Å². The van der Waals surface area contributed by atoms with Gasteiger partial charge in [0.05, 0.1) is 24.8 Å². The second kappa shape index (κ2) is 9.62. The lowest BCUT2D eigenvalue weighted by Crippen LogP contribution is -2.53. The molecular weight excluding hydrogens is 437 g/mol. The molecule has 3 fully saturated rings. The number of carbonyl (C=O) groups is 1. The van der Waals surface area contributed by atoms with E-state index in [1.54, 1.807) is 12.1 Å². The number of likely N-dealkylation sites (tertiary alicyclic amines) is 1. The van der Waals surface area contributed by atoms with Crippen LogP contribution >= 0.6 is 0 Å². The molecule has 1 saturated heterocycles. The van der Waals surface area contributed by atoms with Crippen LogP contribution in [0.3, 0.4) is 0 Å². The van der Waals surface area contributed by atoms with Gasteiger partial charge in [0, 0.05) is 13.1 Å². The molecule has 8 nitrogen and oxygen atoms in total. The van der Waals surface area contributed by atoms with E-state index in [-0.39, 0.29) is 30.5 Å². The molecule has 1 amide bonds. The number of fused-ring (bicyclic) bond motifs is 1. The van der Waals surface area contributed by atoms with Gasteiger partial charge in [0.2, 0.25) is 0 Å². The number of halogens is 1. The summed E-state index contributed by atoms with van der Waals surface area (Å²) in [4.78, 5) is 13.5. The van der Waals surface area contributed by atoms with Crippen LogP contribution in [-0.4, -0.2) is 62.4 Å². The highest BCUT2D eigenvalue weighted by Gasteiger charge is 2.54. The maximum Gasteiger partial charge on any atom is 0.407 e. The monoisotopic (exact) mass is 469 g/mol. The average molecular weight is 470 g/mol. The quantitative estimate of drug-likeness (QED) is 0.569. The minimum atomic E-state index is -3.71. The summed E-state index contributed by atoms with van der Waals surface area (Å²) in [5.74, 6) is 0.0186. The molecule has 178 valence electrons. The number of benzene rings is 1. The van der Waals surface area contributed by atoms with Gasteiger partial charge in [-0.3, -0.25) is 4.90 Å². The minimum absolute atomic E-state index is 0.0162. The smallest absolute Gasteiger partial charge is 0.407 e. The highest BCUT2D eigenvalue weighted by Crippen LogP contribution is 2.42. The van der Waals surface area contributed by atoms with E-state index < -0.39 is 28.4 Å². The number of rotatable bonds is 7. The van der Waals surface area contributed by atoms with Gasteiger partial charge in [-0.25, -0.2) is 13.9 Å². The summed E-state index contributed by atoms with van der Waals surface area (Å²) >= 11 is 0. The van der Waals surface area contributed by atoms with E-state index in [1.165, 1.54) is 18.0 Å². The van der Waals surface area contributed by atoms with Crippen LogP contribution in [0.25, 0.3) is 0 Å². The summed E-state index contributed by atoms with van der Waals surface area (Å²) in [5.41, 5.74) is 1.01. The Bertz CT molecular complexity index is 922. The van der Waals surface area contributed by atoms with Crippen molar-refractivity contribution in [2.24, 2.45) is 5.92 Å². The van der Waals surface area contributed by atoms with Gasteiger partial charge < -0.3 is 9.84 Å². The summed E-state index contributed by atoms with van der Waals surface area (Å²) in [6.07, 6.45) is 4.74. The van der Waals surface area contributed by atoms with Crippen molar-refractivity contribution in [1.29, 1.82) is 0 Å². The Morgan fingerprint density at radius 3 is 2.62 bits per heavy atom. The van der Waals surface area contributed by atoms with Crippen LogP contribution in [0.4, 0.5) is 9.18 Å². The van der Waals surface area contributed by atoms with E-state index in [1.807, 2.05) is 6.07 Å². The van der Waals surface area contributed by atoms with Crippen molar-refractivity contribution in [3.05, 3.63) is 35.6 Å². The summed E-state index contributed by atoms with van der Waals surface area (Å²) in [5, 5.41) is 9.87. The maximum absolute atomic E-state index is 13.5. The van der Waals surface area contributed by atoms with Gasteiger partial charge in [0.15, 0.2) is 0 Å². The summed E-state index contributed by atoms with van der Waals surface area (Å²) in [6, 6.07) is 5.46. The second-order valence-electron chi connectivity index (χ2n) is 9.13. The number of hydrogen-bond acceptors (Lipinski definition) is 4. The number of nitrogens with zero attached hydrogens (tertiary/aromatic N) is 1. The van der Waals surface area contributed by atoms with Crippen LogP contribution in [0, 0.1) is 11.7 Å². The Hall–Kier alpha value is -1.75. The molecule has 3 N–H and O–H groups in total. The molecule has 3 aliphatic rings. The van der Waals surface area contributed by atoms with E-state index in [0.29, 0.717) is 5.92 Å². The Labute approximate surface area is 188 Å². The minimum Gasteiger partial charge on any atom is -0.465 e. The Morgan fingerprint density at radius 1 is 1.22 bits per heavy atom. The van der Waals surface area contributed by atoms with Crippen molar-refractivity contribution < 1.29 is 27.4 Å². The molecule has 4 rings (SSSR count). The lowest BCUT2D eigenvalue weighted by Gasteiger charge is -2.33. The third-order valence-corrected chi connectivity index (χ3v) is 8.52. The SMILES string of the molecule is CNS(=O)(=O)N[C@H]1[C@H]2CCC[C@H]2N(C(=O)O)[C@H]1COC1CCC(c2cccc(F)c2)CC1. The zero-order chi connectivity index (χ0) is 22.9. The molecule has 0 spiro atoms. The lowest BCUT2D eigenvalue weighted by atomic mass is 9.82. The van der Waals surface area contributed by atoms with Crippen molar-refractivity contribution in [2.75, 3.05) is 13.7 Å². The van der Waals surface area contributed by atoms with Gasteiger partial charge in [-0.2, -0.15) is 13.1 Å². The number of hydrogen-bond donors (Lipinski definition) is 3. The van der Waals surface area contributed by atoms with Gasteiger partial charge in [-0.15, -0.1) is 0 Å². The van der Waals surface area contributed by atoms with Crippen LogP contribution < -0.4 is 9.44 Å². The molecule has 0 bridgehead atoms. The van der Waals surface area contributed by atoms with Gasteiger partial charge in [-0.05, 0) is 68.1 Å². The van der Waals surface area contributed by atoms with Gasteiger partial charge >= 0.3 is 6.09 Å². The lowest BCUT2D eigenvalue weighted by molar-refractivity contribution is -0.00817. The van der Waals surface area contributed by atoms with Gasteiger partial charge in [-0.1, -0.05) is 18.6 Å². The maximum atomic E-state index is 13.5. The second-order valence-corrected chi connectivity index (χ2v) is 10.8. The largest absolute Gasteiger partial charge is 0.465 e. The molecule has 4 atom stereocenters. The Kier molecular flexibility index (Phi) is 7.04. The topological polar surface area (TPSA) is 108 Å². The zero-order valence-electron chi connectivity index (χ0n) is 18.2. The number of amides is 1. The van der Waals surface area contributed by atoms with Crippen LogP contribution in [0.1, 0.15) is 56.4 Å². The molecule has 1 heterocycles. The summed E-state index contributed by atoms with van der Waals surface area (Å²) < 4.78 is 49.1. The molecule has 32 heavy (non-hydrogen) atoms. The van der Waals surface area contributed by atoms with Crippen LogP contribution in [-0.2, 0) is 14.9 Å². The fraction of sp³-hybridized carbons (Fsp3) is 0.682. The molecular formula is C22H32FN3O5S. The standard InChI is InChI=1S/C22H32FN3O5S/c1-24-32(29,30)25-21-18-6-3-7-19(18)26(22(27)28)20(21)13-31-17-10-8-14(9-11-17)15-4-2-5-16(23)12-15/h2,4-5,12,14,17-21,24-25H,3,6-11,13H2,1H3,(H,27,28)/t14?,17?,18-,19+,20-,21-/m0/s1. The molecule has 1 aromatic rings. The number of nitrogens with one attached hydrogen (secondary N) is 2. The first-order chi connectivity index (χ1) is 15.3. The third-order valence-electron chi connectivity index (χ3n) is 7.40. The van der Waals surface area contributed by atoms with Crippen molar-refractivity contribution in [1.82, 2.24) is 14.3 Å². The molecule has 1 aromatic carbocycles. The van der Waals surface area contributed by atoms with Crippen LogP contribution in [0.2, 0.25) is 0 Å². The molecule has 0 aromatic heterocycles. The Morgan fingerprint density at radius 2 is 1.97 bits per heavy atom.